The van der Waals surface area contributed by atoms with E-state index in [-0.39, 0.29) is 23.0 Å². The monoisotopic (exact) mass is 485 g/mol. The molecule has 0 atom stereocenters. The van der Waals surface area contributed by atoms with E-state index in [1.807, 2.05) is 6.07 Å². The van der Waals surface area contributed by atoms with Gasteiger partial charge < -0.3 is 14.8 Å². The molecule has 0 aromatic heterocycles. The molecular formula is C23H20ClN3O5S. The first-order valence-corrected chi connectivity index (χ1v) is 11.5. The quantitative estimate of drug-likeness (QED) is 0.516. The van der Waals surface area contributed by atoms with Crippen LogP contribution in [0.4, 0.5) is 5.69 Å². The van der Waals surface area contributed by atoms with Gasteiger partial charge in [0.25, 0.3) is 0 Å². The van der Waals surface area contributed by atoms with Gasteiger partial charge in [-0.15, -0.1) is 0 Å². The number of ether oxygens (including phenoxy) is 2. The van der Waals surface area contributed by atoms with Gasteiger partial charge in [0.2, 0.25) is 15.9 Å². The fourth-order valence-electron chi connectivity index (χ4n) is 3.01. The summed E-state index contributed by atoms with van der Waals surface area (Å²) < 4.78 is 34.2. The summed E-state index contributed by atoms with van der Waals surface area (Å²) in [6.07, 6.45) is 0.0166. The van der Waals surface area contributed by atoms with Crippen LogP contribution in [0, 0.1) is 18.3 Å². The number of anilines is 1. The number of hydrogen-bond donors (Lipinski definition) is 2. The lowest BCUT2D eigenvalue weighted by atomic mass is 10.1. The van der Waals surface area contributed by atoms with Crippen molar-refractivity contribution in [1.82, 2.24) is 0 Å². The molecule has 8 nitrogen and oxygen atoms in total. The average molecular weight is 486 g/mol. The van der Waals surface area contributed by atoms with Crippen LogP contribution in [-0.4, -0.2) is 21.4 Å². The lowest BCUT2D eigenvalue weighted by Gasteiger charge is -2.14. The normalized spacial score (nSPS) is 10.9. The topological polar surface area (TPSA) is 132 Å². The van der Waals surface area contributed by atoms with Crippen LogP contribution < -0.4 is 19.9 Å². The summed E-state index contributed by atoms with van der Waals surface area (Å²) in [5.74, 6) is 0.712. The minimum Gasteiger partial charge on any atom is -0.493 e. The molecule has 3 aromatic carbocycles. The zero-order valence-corrected chi connectivity index (χ0v) is 19.3. The molecule has 0 fully saturated rings. The molecule has 0 bridgehead atoms. The number of amides is 1. The Morgan fingerprint density at radius 1 is 1.09 bits per heavy atom. The Morgan fingerprint density at radius 2 is 1.85 bits per heavy atom. The van der Waals surface area contributed by atoms with Crippen molar-refractivity contribution in [3.8, 4) is 23.3 Å². The van der Waals surface area contributed by atoms with Crippen LogP contribution in [0.1, 0.15) is 16.7 Å². The van der Waals surface area contributed by atoms with Crippen molar-refractivity contribution in [2.75, 3.05) is 12.4 Å². The molecule has 0 aliphatic rings. The summed E-state index contributed by atoms with van der Waals surface area (Å²) in [7, 11) is -2.35. The number of aryl methyl sites for hydroxylation is 1. The van der Waals surface area contributed by atoms with Gasteiger partial charge in [0.1, 0.15) is 5.75 Å². The van der Waals surface area contributed by atoms with Gasteiger partial charge in [-0.25, -0.2) is 13.6 Å². The van der Waals surface area contributed by atoms with E-state index < -0.39 is 10.0 Å². The predicted molar refractivity (Wildman–Crippen MR) is 124 cm³/mol. The standard InChI is InChI=1S/C23H20ClN3O5S/c1-14-9-17(33(26,29)30)5-7-19(14)27-23(28)12-15-4-8-20(31-2)22(10-15)32-21-11-16(13-25)3-6-18(21)24/h3-11H,12H2,1-2H3,(H,27,28)(H2,26,29,30). The average Bonchev–Trinajstić information content (AvgIpc) is 2.76. The van der Waals surface area contributed by atoms with E-state index in [1.54, 1.807) is 37.3 Å². The van der Waals surface area contributed by atoms with Crippen LogP contribution in [0.5, 0.6) is 17.2 Å². The van der Waals surface area contributed by atoms with E-state index in [9.17, 15) is 13.2 Å². The number of sulfonamides is 1. The highest BCUT2D eigenvalue weighted by Crippen LogP contribution is 2.36. The number of benzene rings is 3. The maximum absolute atomic E-state index is 12.6. The summed E-state index contributed by atoms with van der Waals surface area (Å²) in [4.78, 5) is 12.6. The summed E-state index contributed by atoms with van der Waals surface area (Å²) in [6, 6.07) is 15.9. The van der Waals surface area contributed by atoms with Crippen molar-refractivity contribution in [3.63, 3.8) is 0 Å². The molecule has 1 amide bonds. The Balaban J connectivity index is 1.79. The van der Waals surface area contributed by atoms with Gasteiger partial charge in [-0.1, -0.05) is 17.7 Å². The molecule has 33 heavy (non-hydrogen) atoms. The third kappa shape index (κ3) is 6.02. The molecule has 3 rings (SSSR count). The first-order chi connectivity index (χ1) is 15.6. The third-order valence-electron chi connectivity index (χ3n) is 4.67. The molecule has 3 aromatic rings. The maximum atomic E-state index is 12.6. The largest absolute Gasteiger partial charge is 0.493 e. The number of nitrogens with one attached hydrogen (secondary N) is 1. The Hall–Kier alpha value is -3.58. The number of hydrogen-bond acceptors (Lipinski definition) is 6. The van der Waals surface area contributed by atoms with Crippen LogP contribution in [0.25, 0.3) is 0 Å². The van der Waals surface area contributed by atoms with E-state index in [0.29, 0.717) is 38.9 Å². The van der Waals surface area contributed by atoms with E-state index >= 15 is 0 Å². The molecule has 0 saturated heterocycles. The van der Waals surface area contributed by atoms with Gasteiger partial charge in [0.15, 0.2) is 11.5 Å². The number of nitrogens with two attached hydrogens (primary N) is 1. The first kappa shape index (κ1) is 24.1. The molecule has 170 valence electrons. The number of primary sulfonamides is 1. The summed E-state index contributed by atoms with van der Waals surface area (Å²) in [5, 5.41) is 17.3. The Bertz CT molecular complexity index is 1370. The van der Waals surface area contributed by atoms with E-state index in [1.165, 1.54) is 31.4 Å². The smallest absolute Gasteiger partial charge is 0.238 e. The van der Waals surface area contributed by atoms with Gasteiger partial charge in [-0.3, -0.25) is 4.79 Å². The highest BCUT2D eigenvalue weighted by Gasteiger charge is 2.14. The van der Waals surface area contributed by atoms with E-state index in [4.69, 9.17) is 31.5 Å². The summed E-state index contributed by atoms with van der Waals surface area (Å²) in [6.45, 7) is 1.67. The molecule has 0 heterocycles. The minimum absolute atomic E-state index is 0.0166. The number of carbonyl (C=O) groups is 1. The fourth-order valence-corrected chi connectivity index (χ4v) is 3.77. The number of carbonyl (C=O) groups excluding carboxylic acids is 1. The Labute approximate surface area is 196 Å². The van der Waals surface area contributed by atoms with Crippen LogP contribution in [-0.2, 0) is 21.2 Å². The molecule has 3 N–H and O–H groups in total. The van der Waals surface area contributed by atoms with Crippen LogP contribution in [0.3, 0.4) is 0 Å². The highest BCUT2D eigenvalue weighted by atomic mass is 35.5. The summed E-state index contributed by atoms with van der Waals surface area (Å²) >= 11 is 6.18. The number of nitrogens with zero attached hydrogens (tertiary/aromatic N) is 1. The summed E-state index contributed by atoms with van der Waals surface area (Å²) in [5.41, 5.74) is 2.04. The third-order valence-corrected chi connectivity index (χ3v) is 5.90. The lowest BCUT2D eigenvalue weighted by molar-refractivity contribution is -0.115. The van der Waals surface area contributed by atoms with Gasteiger partial charge >= 0.3 is 0 Å². The highest BCUT2D eigenvalue weighted by molar-refractivity contribution is 7.89. The second-order valence-corrected chi connectivity index (χ2v) is 9.06. The van der Waals surface area contributed by atoms with Crippen LogP contribution in [0.15, 0.2) is 59.5 Å². The maximum Gasteiger partial charge on any atom is 0.238 e. The molecule has 0 aliphatic carbocycles. The predicted octanol–water partition coefficient (Wildman–Crippen LogP) is 4.15. The fraction of sp³-hybridized carbons (Fsp3) is 0.130. The van der Waals surface area contributed by atoms with Crippen LogP contribution >= 0.6 is 11.6 Å². The van der Waals surface area contributed by atoms with Gasteiger partial charge in [0, 0.05) is 11.8 Å². The number of methoxy groups -OCH3 is 1. The van der Waals surface area contributed by atoms with E-state index in [0.717, 1.165) is 0 Å². The molecule has 0 unspecified atom stereocenters. The number of rotatable bonds is 7. The van der Waals surface area contributed by atoms with Crippen molar-refractivity contribution in [1.29, 1.82) is 5.26 Å². The van der Waals surface area contributed by atoms with Gasteiger partial charge in [-0.2, -0.15) is 5.26 Å². The molecule has 0 aliphatic heterocycles. The number of nitriles is 1. The zero-order chi connectivity index (χ0) is 24.2. The molecule has 0 saturated carbocycles. The van der Waals surface area contributed by atoms with E-state index in [2.05, 4.69) is 5.32 Å². The zero-order valence-electron chi connectivity index (χ0n) is 17.8. The van der Waals surface area contributed by atoms with Crippen molar-refractivity contribution in [3.05, 3.63) is 76.3 Å². The molecule has 10 heteroatoms. The van der Waals surface area contributed by atoms with Gasteiger partial charge in [0.05, 0.1) is 35.1 Å². The minimum atomic E-state index is -3.83. The second kappa shape index (κ2) is 9.92. The van der Waals surface area contributed by atoms with Crippen molar-refractivity contribution in [2.45, 2.75) is 18.2 Å². The Morgan fingerprint density at radius 3 is 2.48 bits per heavy atom. The van der Waals surface area contributed by atoms with Crippen molar-refractivity contribution < 1.29 is 22.7 Å². The number of halogens is 1. The van der Waals surface area contributed by atoms with Crippen molar-refractivity contribution >= 4 is 33.2 Å². The Kier molecular flexibility index (Phi) is 7.23. The first-order valence-electron chi connectivity index (χ1n) is 9.58. The second-order valence-electron chi connectivity index (χ2n) is 7.09. The van der Waals surface area contributed by atoms with Crippen molar-refractivity contribution in [2.24, 2.45) is 5.14 Å². The molecular weight excluding hydrogens is 466 g/mol. The van der Waals surface area contributed by atoms with Gasteiger partial charge in [-0.05, 0) is 60.5 Å². The SMILES string of the molecule is COc1ccc(CC(=O)Nc2ccc(S(N)(=O)=O)cc2C)cc1Oc1cc(C#N)ccc1Cl. The van der Waals surface area contributed by atoms with Crippen LogP contribution in [0.2, 0.25) is 5.02 Å². The molecule has 0 spiro atoms. The lowest BCUT2D eigenvalue weighted by Crippen LogP contribution is -2.16. The molecule has 0 radical (unpaired) electrons.